The molecular formula is C10H11ClSi. The summed E-state index contributed by atoms with van der Waals surface area (Å²) >= 11 is 6.37. The summed E-state index contributed by atoms with van der Waals surface area (Å²) in [4.78, 5) is 0. The van der Waals surface area contributed by atoms with Crippen molar-refractivity contribution in [3.8, 4) is 0 Å². The summed E-state index contributed by atoms with van der Waals surface area (Å²) in [5.74, 6) is 0. The fraction of sp³-hybridized carbons (Fsp3) is 0.200. The molecule has 0 atom stereocenters. The molecule has 0 heterocycles. The normalized spacial score (nSPS) is 20.4. The molecule has 2 rings (SSSR count). The fourth-order valence-corrected chi connectivity index (χ4v) is 3.45. The number of hydrogen-bond donors (Lipinski definition) is 0. The first-order chi connectivity index (χ1) is 5.59. The van der Waals surface area contributed by atoms with Gasteiger partial charge in [-0.1, -0.05) is 43.5 Å². The molecule has 0 N–H and O–H groups in total. The minimum absolute atomic E-state index is 1.33. The topological polar surface area (TPSA) is 0 Å². The van der Waals surface area contributed by atoms with Gasteiger partial charge in [0, 0.05) is 0 Å². The van der Waals surface area contributed by atoms with Gasteiger partial charge in [0.2, 0.25) is 0 Å². The van der Waals surface area contributed by atoms with Gasteiger partial charge in [-0.3, -0.25) is 0 Å². The van der Waals surface area contributed by atoms with Crippen LogP contribution in [0, 0.1) is 0 Å². The summed E-state index contributed by atoms with van der Waals surface area (Å²) in [5, 5.41) is 1.36. The molecule has 0 aromatic carbocycles. The largest absolute Gasteiger partial charge is 0.181 e. The molecule has 0 saturated heterocycles. The summed E-state index contributed by atoms with van der Waals surface area (Å²) in [7, 11) is -1.64. The first kappa shape index (κ1) is 8.08. The number of hydrogen-bond acceptors (Lipinski definition) is 0. The van der Waals surface area contributed by atoms with Crippen LogP contribution in [-0.2, 0) is 0 Å². The molecule has 62 valence electrons. The molecule has 0 aromatic heterocycles. The van der Waals surface area contributed by atoms with Crippen molar-refractivity contribution in [1.82, 2.24) is 0 Å². The Balaban J connectivity index is 2.37. The van der Waals surface area contributed by atoms with Crippen LogP contribution in [0.2, 0.25) is 13.1 Å². The molecule has 0 spiro atoms. The van der Waals surface area contributed by atoms with Crippen molar-refractivity contribution in [2.75, 3.05) is 0 Å². The van der Waals surface area contributed by atoms with Crippen LogP contribution < -0.4 is 0 Å². The lowest BCUT2D eigenvalue weighted by molar-refractivity contribution is 1.61. The molecule has 0 aromatic rings. The molecule has 12 heavy (non-hydrogen) atoms. The summed E-state index contributed by atoms with van der Waals surface area (Å²) in [6.07, 6.45) is 10.7. The predicted octanol–water partition coefficient (Wildman–Crippen LogP) is 3.33. The summed E-state index contributed by atoms with van der Waals surface area (Å²) < 4.78 is 0. The Morgan fingerprint density at radius 3 is 2.58 bits per heavy atom. The average Bonchev–Trinajstić information content (AvgIpc) is 2.37. The van der Waals surface area contributed by atoms with Crippen molar-refractivity contribution in [3.63, 3.8) is 0 Å². The van der Waals surface area contributed by atoms with Gasteiger partial charge in [-0.05, 0) is 16.3 Å². The summed E-state index contributed by atoms with van der Waals surface area (Å²) in [5.41, 5.74) is 2.67. The molecule has 0 unspecified atom stereocenters. The van der Waals surface area contributed by atoms with E-state index in [-0.39, 0.29) is 0 Å². The van der Waals surface area contributed by atoms with Gasteiger partial charge in [0.1, 0.15) is 0 Å². The quantitative estimate of drug-likeness (QED) is 0.444. The van der Waals surface area contributed by atoms with Gasteiger partial charge in [0.05, 0.1) is 0 Å². The Labute approximate surface area is 78.6 Å². The zero-order valence-electron chi connectivity index (χ0n) is 7.26. The van der Waals surface area contributed by atoms with Crippen LogP contribution in [0.4, 0.5) is 0 Å². The zero-order chi connectivity index (χ0) is 8.77. The van der Waals surface area contributed by atoms with E-state index in [4.69, 9.17) is 11.1 Å². The van der Waals surface area contributed by atoms with Gasteiger partial charge in [0.15, 0.2) is 7.38 Å². The van der Waals surface area contributed by atoms with Crippen LogP contribution in [0.5, 0.6) is 0 Å². The van der Waals surface area contributed by atoms with Crippen LogP contribution in [-0.4, -0.2) is 7.38 Å². The summed E-state index contributed by atoms with van der Waals surface area (Å²) in [6, 6.07) is 0. The second kappa shape index (κ2) is 2.48. The Morgan fingerprint density at radius 1 is 1.17 bits per heavy atom. The first-order valence-corrected chi connectivity index (χ1v) is 8.11. The van der Waals surface area contributed by atoms with Gasteiger partial charge in [-0.15, -0.1) is 0 Å². The van der Waals surface area contributed by atoms with Crippen molar-refractivity contribution in [3.05, 3.63) is 46.7 Å². The van der Waals surface area contributed by atoms with Crippen LogP contribution in [0.25, 0.3) is 0 Å². The van der Waals surface area contributed by atoms with E-state index in [2.05, 4.69) is 43.5 Å². The van der Waals surface area contributed by atoms with Crippen molar-refractivity contribution in [2.24, 2.45) is 0 Å². The Kier molecular flexibility index (Phi) is 1.67. The van der Waals surface area contributed by atoms with Gasteiger partial charge in [-0.2, -0.15) is 11.1 Å². The van der Waals surface area contributed by atoms with E-state index in [1.54, 1.807) is 0 Å². The summed E-state index contributed by atoms with van der Waals surface area (Å²) in [6.45, 7) is 4.33. The molecule has 0 bridgehead atoms. The molecular weight excluding hydrogens is 184 g/mol. The maximum Gasteiger partial charge on any atom is 0.181 e. The molecule has 0 radical (unpaired) electrons. The number of rotatable bonds is 1. The molecule has 0 nitrogen and oxygen atoms in total. The highest BCUT2D eigenvalue weighted by molar-refractivity contribution is 7.23. The minimum atomic E-state index is -1.64. The van der Waals surface area contributed by atoms with Crippen LogP contribution in [0.3, 0.4) is 0 Å². The van der Waals surface area contributed by atoms with Gasteiger partial charge < -0.3 is 0 Å². The van der Waals surface area contributed by atoms with E-state index >= 15 is 0 Å². The van der Waals surface area contributed by atoms with Crippen molar-refractivity contribution < 1.29 is 0 Å². The zero-order valence-corrected chi connectivity index (χ0v) is 9.02. The number of allylic oxidation sites excluding steroid dienone is 8. The lowest BCUT2D eigenvalue weighted by Crippen LogP contribution is -2.21. The Hall–Kier alpha value is -0.533. The maximum absolute atomic E-state index is 6.37. The van der Waals surface area contributed by atoms with E-state index in [0.717, 1.165) is 0 Å². The molecule has 0 aliphatic heterocycles. The van der Waals surface area contributed by atoms with Crippen molar-refractivity contribution >= 4 is 18.5 Å². The second-order valence-electron chi connectivity index (χ2n) is 3.61. The van der Waals surface area contributed by atoms with Crippen molar-refractivity contribution in [1.29, 1.82) is 0 Å². The lowest BCUT2D eigenvalue weighted by atomic mass is 10.2. The molecule has 0 amide bonds. The minimum Gasteiger partial charge on any atom is -0.161 e. The molecule has 2 aliphatic carbocycles. The van der Waals surface area contributed by atoms with Gasteiger partial charge >= 0.3 is 0 Å². The van der Waals surface area contributed by atoms with E-state index < -0.39 is 7.38 Å². The SMILES string of the molecule is C[Si](C)(Cl)C1=CC=C2C=CC=C21. The third-order valence-corrected chi connectivity index (χ3v) is 4.54. The van der Waals surface area contributed by atoms with Gasteiger partial charge in [-0.25, -0.2) is 0 Å². The molecule has 0 fully saturated rings. The Bertz CT molecular complexity index is 337. The third kappa shape index (κ3) is 1.13. The Morgan fingerprint density at radius 2 is 1.92 bits per heavy atom. The standard InChI is InChI=1S/C10H11ClSi/c1-12(2,11)10-7-6-8-4-3-5-9(8)10/h3-7H,1-2H3. The number of halogens is 1. The van der Waals surface area contributed by atoms with Crippen LogP contribution in [0.15, 0.2) is 46.7 Å². The van der Waals surface area contributed by atoms with Crippen LogP contribution in [0.1, 0.15) is 0 Å². The lowest BCUT2D eigenvalue weighted by Gasteiger charge is -2.16. The smallest absolute Gasteiger partial charge is 0.161 e. The fourth-order valence-electron chi connectivity index (χ4n) is 1.61. The highest BCUT2D eigenvalue weighted by Gasteiger charge is 2.29. The highest BCUT2D eigenvalue weighted by Crippen LogP contribution is 2.37. The van der Waals surface area contributed by atoms with E-state index in [0.29, 0.717) is 0 Å². The molecule has 0 saturated carbocycles. The van der Waals surface area contributed by atoms with E-state index in [1.165, 1.54) is 16.3 Å². The monoisotopic (exact) mass is 194 g/mol. The van der Waals surface area contributed by atoms with E-state index in [9.17, 15) is 0 Å². The maximum atomic E-state index is 6.37. The average molecular weight is 195 g/mol. The van der Waals surface area contributed by atoms with Gasteiger partial charge in [0.25, 0.3) is 0 Å². The number of fused-ring (bicyclic) bond motifs is 1. The first-order valence-electron chi connectivity index (χ1n) is 4.09. The predicted molar refractivity (Wildman–Crippen MR) is 56.7 cm³/mol. The van der Waals surface area contributed by atoms with Crippen LogP contribution >= 0.6 is 11.1 Å². The molecule has 2 heteroatoms. The van der Waals surface area contributed by atoms with Crippen molar-refractivity contribution in [2.45, 2.75) is 13.1 Å². The second-order valence-corrected chi connectivity index (χ2v) is 9.93. The highest BCUT2D eigenvalue weighted by atomic mass is 35.6. The van der Waals surface area contributed by atoms with E-state index in [1.807, 2.05) is 0 Å². The third-order valence-electron chi connectivity index (χ3n) is 2.21. The molecule has 2 aliphatic rings.